The summed E-state index contributed by atoms with van der Waals surface area (Å²) >= 11 is 6.19. The summed E-state index contributed by atoms with van der Waals surface area (Å²) in [7, 11) is -2.14. The molecule has 0 spiro atoms. The van der Waals surface area contributed by atoms with Crippen LogP contribution in [0.1, 0.15) is 28.9 Å². The predicted octanol–water partition coefficient (Wildman–Crippen LogP) is 2.86. The van der Waals surface area contributed by atoms with Gasteiger partial charge in [-0.15, -0.1) is 0 Å². The standard InChI is InChI=1S/C20H23ClN2O5S/c1-14(15-3-5-16(27-2)6-4-15)22-20(24)18-13-17(7-8-19(18)21)29(25,26)23-9-11-28-12-10-23/h3-8,13-14H,9-12H2,1-2H3,(H,22,24). The molecule has 2 aromatic carbocycles. The van der Waals surface area contributed by atoms with Gasteiger partial charge in [0, 0.05) is 13.1 Å². The van der Waals surface area contributed by atoms with Crippen molar-refractivity contribution in [3.05, 3.63) is 58.6 Å². The fraction of sp³-hybridized carbons (Fsp3) is 0.350. The minimum atomic E-state index is -3.72. The van der Waals surface area contributed by atoms with E-state index in [9.17, 15) is 13.2 Å². The van der Waals surface area contributed by atoms with Crippen molar-refractivity contribution in [2.45, 2.75) is 17.9 Å². The van der Waals surface area contributed by atoms with Crippen molar-refractivity contribution in [1.82, 2.24) is 9.62 Å². The van der Waals surface area contributed by atoms with Gasteiger partial charge in [0.15, 0.2) is 0 Å². The summed E-state index contributed by atoms with van der Waals surface area (Å²) < 4.78 is 37.4. The molecule has 1 fully saturated rings. The summed E-state index contributed by atoms with van der Waals surface area (Å²) in [5.74, 6) is 0.272. The molecule has 3 rings (SSSR count). The van der Waals surface area contributed by atoms with Crippen molar-refractivity contribution in [1.29, 1.82) is 0 Å². The lowest BCUT2D eigenvalue weighted by molar-refractivity contribution is 0.0730. The lowest BCUT2D eigenvalue weighted by Gasteiger charge is -2.26. The summed E-state index contributed by atoms with van der Waals surface area (Å²) in [5.41, 5.74) is 0.994. The summed E-state index contributed by atoms with van der Waals surface area (Å²) in [6.45, 7) is 3.09. The van der Waals surface area contributed by atoms with Crippen LogP contribution < -0.4 is 10.1 Å². The van der Waals surface area contributed by atoms with Gasteiger partial charge < -0.3 is 14.8 Å². The third kappa shape index (κ3) is 4.90. The number of nitrogens with zero attached hydrogens (tertiary/aromatic N) is 1. The molecule has 9 heteroatoms. The first-order valence-corrected chi connectivity index (χ1v) is 11.0. The Balaban J connectivity index is 1.80. The molecule has 0 saturated carbocycles. The van der Waals surface area contributed by atoms with Gasteiger partial charge in [-0.05, 0) is 42.8 Å². The number of hydrogen-bond acceptors (Lipinski definition) is 5. The lowest BCUT2D eigenvalue weighted by Crippen LogP contribution is -2.40. The molecule has 1 amide bonds. The van der Waals surface area contributed by atoms with E-state index in [4.69, 9.17) is 21.1 Å². The molecule has 7 nitrogen and oxygen atoms in total. The highest BCUT2D eigenvalue weighted by molar-refractivity contribution is 7.89. The van der Waals surface area contributed by atoms with Gasteiger partial charge in [-0.3, -0.25) is 4.79 Å². The molecule has 0 bridgehead atoms. The maximum absolute atomic E-state index is 12.9. The number of sulfonamides is 1. The molecule has 1 unspecified atom stereocenters. The number of carbonyl (C=O) groups is 1. The second-order valence-electron chi connectivity index (χ2n) is 6.63. The minimum absolute atomic E-state index is 0.0334. The van der Waals surface area contributed by atoms with Crippen LogP contribution in [0.25, 0.3) is 0 Å². The molecular formula is C20H23ClN2O5S. The highest BCUT2D eigenvalue weighted by atomic mass is 35.5. The van der Waals surface area contributed by atoms with E-state index in [-0.39, 0.29) is 34.6 Å². The van der Waals surface area contributed by atoms with Gasteiger partial charge in [-0.2, -0.15) is 4.31 Å². The summed E-state index contributed by atoms with van der Waals surface area (Å²) in [6, 6.07) is 11.2. The number of methoxy groups -OCH3 is 1. The van der Waals surface area contributed by atoms with E-state index < -0.39 is 15.9 Å². The summed E-state index contributed by atoms with van der Waals surface area (Å²) in [5, 5.41) is 3.04. The van der Waals surface area contributed by atoms with Crippen molar-refractivity contribution in [3.8, 4) is 5.75 Å². The zero-order valence-electron chi connectivity index (χ0n) is 16.2. The van der Waals surface area contributed by atoms with Crippen LogP contribution in [0, 0.1) is 0 Å². The Labute approximate surface area is 175 Å². The smallest absolute Gasteiger partial charge is 0.253 e. The van der Waals surface area contributed by atoms with Gasteiger partial charge in [-0.25, -0.2) is 8.42 Å². The number of amides is 1. The number of morpholine rings is 1. The Kier molecular flexibility index (Phi) is 6.79. The molecule has 0 aliphatic carbocycles. The quantitative estimate of drug-likeness (QED) is 0.749. The third-order valence-electron chi connectivity index (χ3n) is 4.75. The van der Waals surface area contributed by atoms with Crippen molar-refractivity contribution in [2.75, 3.05) is 33.4 Å². The Bertz CT molecular complexity index is 973. The normalized spacial score (nSPS) is 16.2. The number of benzene rings is 2. The first-order valence-electron chi connectivity index (χ1n) is 9.15. The molecule has 1 aliphatic heterocycles. The van der Waals surface area contributed by atoms with Crippen LogP contribution in [0.15, 0.2) is 47.4 Å². The van der Waals surface area contributed by atoms with Crippen molar-refractivity contribution in [2.24, 2.45) is 0 Å². The van der Waals surface area contributed by atoms with E-state index in [1.165, 1.54) is 22.5 Å². The van der Waals surface area contributed by atoms with Crippen molar-refractivity contribution < 1.29 is 22.7 Å². The average Bonchev–Trinajstić information content (AvgIpc) is 2.74. The van der Waals surface area contributed by atoms with Gasteiger partial charge in [0.25, 0.3) is 5.91 Å². The molecule has 0 radical (unpaired) electrons. The molecule has 1 atom stereocenters. The van der Waals surface area contributed by atoms with E-state index in [1.54, 1.807) is 19.2 Å². The van der Waals surface area contributed by atoms with E-state index in [0.29, 0.717) is 13.2 Å². The second-order valence-corrected chi connectivity index (χ2v) is 8.97. The number of hydrogen-bond donors (Lipinski definition) is 1. The average molecular weight is 439 g/mol. The Morgan fingerprint density at radius 3 is 2.45 bits per heavy atom. The molecule has 156 valence electrons. The molecule has 1 saturated heterocycles. The van der Waals surface area contributed by atoms with E-state index in [0.717, 1.165) is 11.3 Å². The molecule has 1 heterocycles. The number of nitrogens with one attached hydrogen (secondary N) is 1. The maximum Gasteiger partial charge on any atom is 0.253 e. The van der Waals surface area contributed by atoms with E-state index in [1.807, 2.05) is 19.1 Å². The zero-order valence-corrected chi connectivity index (χ0v) is 17.8. The van der Waals surface area contributed by atoms with Crippen LogP contribution in [0.4, 0.5) is 0 Å². The van der Waals surface area contributed by atoms with Crippen LogP contribution >= 0.6 is 11.6 Å². The SMILES string of the molecule is COc1ccc(C(C)NC(=O)c2cc(S(=O)(=O)N3CCOCC3)ccc2Cl)cc1. The van der Waals surface area contributed by atoms with Gasteiger partial charge in [0.05, 0.1) is 41.8 Å². The van der Waals surface area contributed by atoms with E-state index >= 15 is 0 Å². The Hall–Kier alpha value is -2.13. The van der Waals surface area contributed by atoms with Crippen LogP contribution in [0.2, 0.25) is 5.02 Å². The summed E-state index contributed by atoms with van der Waals surface area (Å²) in [6.07, 6.45) is 0. The Morgan fingerprint density at radius 2 is 1.83 bits per heavy atom. The van der Waals surface area contributed by atoms with Gasteiger partial charge in [0.2, 0.25) is 10.0 Å². The first-order chi connectivity index (χ1) is 13.8. The number of halogens is 1. The third-order valence-corrected chi connectivity index (χ3v) is 6.98. The first kappa shape index (κ1) is 21.6. The molecule has 0 aromatic heterocycles. The highest BCUT2D eigenvalue weighted by Crippen LogP contribution is 2.25. The number of rotatable bonds is 6. The minimum Gasteiger partial charge on any atom is -0.497 e. The summed E-state index contributed by atoms with van der Waals surface area (Å²) in [4.78, 5) is 12.8. The van der Waals surface area contributed by atoms with Gasteiger partial charge in [-0.1, -0.05) is 23.7 Å². The van der Waals surface area contributed by atoms with Crippen molar-refractivity contribution in [3.63, 3.8) is 0 Å². The fourth-order valence-electron chi connectivity index (χ4n) is 3.03. The molecular weight excluding hydrogens is 416 g/mol. The van der Waals surface area contributed by atoms with Gasteiger partial charge >= 0.3 is 0 Å². The topological polar surface area (TPSA) is 84.9 Å². The van der Waals surface area contributed by atoms with Crippen LogP contribution in [0.5, 0.6) is 5.75 Å². The van der Waals surface area contributed by atoms with Crippen LogP contribution in [0.3, 0.4) is 0 Å². The van der Waals surface area contributed by atoms with Crippen molar-refractivity contribution >= 4 is 27.5 Å². The van der Waals surface area contributed by atoms with E-state index in [2.05, 4.69) is 5.32 Å². The zero-order chi connectivity index (χ0) is 21.0. The molecule has 1 N–H and O–H groups in total. The fourth-order valence-corrected chi connectivity index (χ4v) is 4.66. The van der Waals surface area contributed by atoms with Crippen LogP contribution in [-0.4, -0.2) is 52.0 Å². The number of carbonyl (C=O) groups excluding carboxylic acids is 1. The Morgan fingerprint density at radius 1 is 1.17 bits per heavy atom. The molecule has 2 aromatic rings. The molecule has 29 heavy (non-hydrogen) atoms. The van der Waals surface area contributed by atoms with Gasteiger partial charge in [0.1, 0.15) is 5.75 Å². The number of ether oxygens (including phenoxy) is 2. The van der Waals surface area contributed by atoms with Crippen LogP contribution in [-0.2, 0) is 14.8 Å². The monoisotopic (exact) mass is 438 g/mol. The predicted molar refractivity (Wildman–Crippen MR) is 110 cm³/mol. The molecule has 1 aliphatic rings. The largest absolute Gasteiger partial charge is 0.497 e. The maximum atomic E-state index is 12.9. The second kappa shape index (κ2) is 9.13. The highest BCUT2D eigenvalue weighted by Gasteiger charge is 2.27. The lowest BCUT2D eigenvalue weighted by atomic mass is 10.1.